The van der Waals surface area contributed by atoms with Crippen molar-refractivity contribution in [3.63, 3.8) is 0 Å². The van der Waals surface area contributed by atoms with Crippen LogP contribution in [0.25, 0.3) is 0 Å². The van der Waals surface area contributed by atoms with Crippen molar-refractivity contribution >= 4 is 22.1 Å². The summed E-state index contributed by atoms with van der Waals surface area (Å²) in [6.07, 6.45) is -2.03. The van der Waals surface area contributed by atoms with Gasteiger partial charge in [0.25, 0.3) is 10.1 Å². The van der Waals surface area contributed by atoms with Crippen molar-refractivity contribution < 1.29 is 41.1 Å². The smallest absolute Gasteiger partial charge is 0.344 e. The van der Waals surface area contributed by atoms with Crippen LogP contribution in [0.3, 0.4) is 0 Å². The van der Waals surface area contributed by atoms with Crippen molar-refractivity contribution in [1.82, 2.24) is 0 Å². The molecule has 3 aliphatic heterocycles. The number of hydrogen-bond donors (Lipinski definition) is 0. The van der Waals surface area contributed by atoms with Gasteiger partial charge < -0.3 is 18.9 Å². The number of carbonyl (C=O) groups excluding carboxylic acids is 2. The molecule has 10 heteroatoms. The van der Waals surface area contributed by atoms with Crippen molar-refractivity contribution in [3.8, 4) is 0 Å². The Balaban J connectivity index is 1.41. The van der Waals surface area contributed by atoms with Crippen LogP contribution in [0.5, 0.6) is 0 Å². The van der Waals surface area contributed by atoms with Gasteiger partial charge in [-0.25, -0.2) is 9.59 Å². The summed E-state index contributed by atoms with van der Waals surface area (Å²) in [5.74, 6) is -1.60. The molecule has 140 valence electrons. The summed E-state index contributed by atoms with van der Waals surface area (Å²) in [6.45, 7) is 6.14. The maximum Gasteiger partial charge on any atom is 0.344 e. The van der Waals surface area contributed by atoms with E-state index in [1.54, 1.807) is 6.92 Å². The first-order chi connectivity index (χ1) is 11.7. The van der Waals surface area contributed by atoms with E-state index in [0.717, 1.165) is 0 Å². The largest absolute Gasteiger partial charge is 0.461 e. The first-order valence-corrected chi connectivity index (χ1v) is 9.37. The third-order valence-corrected chi connectivity index (χ3v) is 6.41. The number of fused-ring (bicyclic) bond motifs is 1. The maximum absolute atomic E-state index is 12.0. The number of carbonyl (C=O) groups is 2. The number of esters is 2. The average Bonchev–Trinajstić information content (AvgIpc) is 3.10. The monoisotopic (exact) mass is 376 g/mol. The normalized spacial score (nSPS) is 37.0. The van der Waals surface area contributed by atoms with E-state index in [0.29, 0.717) is 0 Å². The number of rotatable bonds is 7. The lowest BCUT2D eigenvalue weighted by Gasteiger charge is -2.26. The van der Waals surface area contributed by atoms with Crippen LogP contribution in [0.2, 0.25) is 0 Å². The Morgan fingerprint density at radius 2 is 1.84 bits per heavy atom. The second-order valence-electron chi connectivity index (χ2n) is 6.36. The summed E-state index contributed by atoms with van der Waals surface area (Å²) >= 11 is 0. The minimum absolute atomic E-state index is 0.0503. The van der Waals surface area contributed by atoms with Crippen LogP contribution < -0.4 is 0 Å². The zero-order chi connectivity index (χ0) is 18.4. The first kappa shape index (κ1) is 18.3. The lowest BCUT2D eigenvalue weighted by molar-refractivity contribution is -0.158. The summed E-state index contributed by atoms with van der Waals surface area (Å²) < 4.78 is 49.9. The van der Waals surface area contributed by atoms with Gasteiger partial charge in [0, 0.05) is 11.5 Å². The van der Waals surface area contributed by atoms with Gasteiger partial charge in [-0.1, -0.05) is 13.5 Å². The Hall–Kier alpha value is -1.49. The molecule has 0 radical (unpaired) electrons. The van der Waals surface area contributed by atoms with Gasteiger partial charge in [-0.15, -0.1) is 0 Å². The molecule has 0 aromatic heterocycles. The lowest BCUT2D eigenvalue weighted by atomic mass is 9.86. The average molecular weight is 376 g/mol. The summed E-state index contributed by atoms with van der Waals surface area (Å²) in [4.78, 5) is 22.6. The van der Waals surface area contributed by atoms with Crippen LogP contribution in [0.1, 0.15) is 13.8 Å². The molecular weight excluding hydrogens is 356 g/mol. The lowest BCUT2D eigenvalue weighted by Crippen LogP contribution is -2.45. The van der Waals surface area contributed by atoms with Crippen molar-refractivity contribution in [2.75, 3.05) is 19.8 Å². The molecule has 3 aliphatic rings. The van der Waals surface area contributed by atoms with Crippen molar-refractivity contribution in [1.29, 1.82) is 0 Å². The zero-order valence-corrected chi connectivity index (χ0v) is 14.7. The topological polar surface area (TPSA) is 114 Å². The first-order valence-electron chi connectivity index (χ1n) is 7.90. The molecule has 0 aromatic rings. The Bertz CT molecular complexity index is 685. The van der Waals surface area contributed by atoms with E-state index >= 15 is 0 Å². The van der Waals surface area contributed by atoms with Crippen LogP contribution in [-0.4, -0.2) is 69.8 Å². The molecule has 0 spiro atoms. The van der Waals surface area contributed by atoms with Crippen molar-refractivity contribution in [2.45, 2.75) is 43.5 Å². The Morgan fingerprint density at radius 3 is 2.52 bits per heavy atom. The molecule has 0 aliphatic carbocycles. The van der Waals surface area contributed by atoms with E-state index in [9.17, 15) is 18.0 Å². The van der Waals surface area contributed by atoms with Crippen LogP contribution in [-0.2, 0) is 42.8 Å². The molecule has 0 N–H and O–H groups in total. The third kappa shape index (κ3) is 3.31. The van der Waals surface area contributed by atoms with Crippen LogP contribution in [0.4, 0.5) is 0 Å². The highest BCUT2D eigenvalue weighted by Gasteiger charge is 2.69. The molecule has 0 saturated carbocycles. The molecule has 0 aromatic carbocycles. The molecule has 3 rings (SSSR count). The molecule has 2 bridgehead atoms. The maximum atomic E-state index is 12.0. The highest BCUT2D eigenvalue weighted by molar-refractivity contribution is 7.87. The molecule has 25 heavy (non-hydrogen) atoms. The minimum atomic E-state index is -3.63. The predicted molar refractivity (Wildman–Crippen MR) is 81.9 cm³/mol. The molecule has 6 unspecified atom stereocenters. The van der Waals surface area contributed by atoms with E-state index in [2.05, 4.69) is 11.3 Å². The summed E-state index contributed by atoms with van der Waals surface area (Å²) in [5, 5.41) is -0.636. The number of hydrogen-bond acceptors (Lipinski definition) is 9. The fourth-order valence-electron chi connectivity index (χ4n) is 3.46. The Labute approximate surface area is 145 Å². The third-order valence-electron chi connectivity index (χ3n) is 4.55. The molecule has 3 saturated heterocycles. The second kappa shape index (κ2) is 6.67. The standard InChI is InChI=1S/C15H20O9S/c1-7(2)15(17)22-6-9(16)20-4-5-21-11-10-8(3)14-13(23-10)12(11)24-25(14,18)19/h8,10-14H,1,4-6H2,2-3H3. The minimum Gasteiger partial charge on any atom is -0.461 e. The predicted octanol–water partition coefficient (Wildman–Crippen LogP) is -0.452. The van der Waals surface area contributed by atoms with Crippen molar-refractivity contribution in [2.24, 2.45) is 5.92 Å². The van der Waals surface area contributed by atoms with E-state index < -0.39 is 52.2 Å². The van der Waals surface area contributed by atoms with Crippen LogP contribution in [0.15, 0.2) is 12.2 Å². The Kier molecular flexibility index (Phi) is 4.89. The zero-order valence-electron chi connectivity index (χ0n) is 13.9. The second-order valence-corrected chi connectivity index (χ2v) is 8.08. The van der Waals surface area contributed by atoms with Gasteiger partial charge in [0.1, 0.15) is 30.2 Å². The van der Waals surface area contributed by atoms with Gasteiger partial charge in [-0.3, -0.25) is 4.18 Å². The van der Waals surface area contributed by atoms with Crippen LogP contribution in [0, 0.1) is 5.92 Å². The SMILES string of the molecule is C=C(C)C(=O)OCC(=O)OCCOC1C2OC3C1OS(=O)(=O)C3C2C. The summed E-state index contributed by atoms with van der Waals surface area (Å²) in [5.41, 5.74) is 0.186. The highest BCUT2D eigenvalue weighted by atomic mass is 32.2. The van der Waals surface area contributed by atoms with E-state index in [1.807, 2.05) is 0 Å². The van der Waals surface area contributed by atoms with Crippen molar-refractivity contribution in [3.05, 3.63) is 12.2 Å². The molecule has 9 nitrogen and oxygen atoms in total. The van der Waals surface area contributed by atoms with E-state index in [4.69, 9.17) is 18.4 Å². The highest BCUT2D eigenvalue weighted by Crippen LogP contribution is 2.50. The fraction of sp³-hybridized carbons (Fsp3) is 0.733. The number of ether oxygens (including phenoxy) is 4. The van der Waals surface area contributed by atoms with Gasteiger partial charge in [0.15, 0.2) is 6.61 Å². The van der Waals surface area contributed by atoms with Gasteiger partial charge >= 0.3 is 11.9 Å². The Morgan fingerprint density at radius 1 is 1.12 bits per heavy atom. The molecule has 3 fully saturated rings. The van der Waals surface area contributed by atoms with Gasteiger partial charge in [-0.05, 0) is 6.92 Å². The summed E-state index contributed by atoms with van der Waals surface area (Å²) in [6, 6.07) is 0. The molecular formula is C15H20O9S. The van der Waals surface area contributed by atoms with Gasteiger partial charge in [0.05, 0.1) is 12.7 Å². The molecule has 6 atom stereocenters. The van der Waals surface area contributed by atoms with Crippen LogP contribution >= 0.6 is 0 Å². The molecule has 3 heterocycles. The summed E-state index contributed by atoms with van der Waals surface area (Å²) in [7, 11) is -3.63. The van der Waals surface area contributed by atoms with Gasteiger partial charge in [-0.2, -0.15) is 8.42 Å². The van der Waals surface area contributed by atoms with E-state index in [1.165, 1.54) is 6.92 Å². The quantitative estimate of drug-likeness (QED) is 0.252. The molecule has 0 amide bonds. The van der Waals surface area contributed by atoms with E-state index in [-0.39, 0.29) is 30.8 Å². The van der Waals surface area contributed by atoms with Gasteiger partial charge in [0.2, 0.25) is 0 Å². The fourth-order valence-corrected chi connectivity index (χ4v) is 5.34.